The van der Waals surface area contributed by atoms with Gasteiger partial charge in [0.1, 0.15) is 6.17 Å². The molecule has 0 N–H and O–H groups in total. The number of aryl methyl sites for hydroxylation is 1. The minimum absolute atomic E-state index is 0.149. The number of nitrogens with zero attached hydrogens (tertiary/aromatic N) is 8. The van der Waals surface area contributed by atoms with Gasteiger partial charge in [-0.2, -0.15) is 9.97 Å². The Morgan fingerprint density at radius 2 is 1.56 bits per heavy atom. The number of carbonyl (C=O) groups excluding carboxylic acids is 2. The molecular formula is C35H44N8O6S. The molecule has 2 amide bonds. The number of ether oxygens (including phenoxy) is 2. The summed E-state index contributed by atoms with van der Waals surface area (Å²) >= 11 is 1.65. The maximum absolute atomic E-state index is 13.4. The first-order chi connectivity index (χ1) is 24.3. The highest BCUT2D eigenvalue weighted by atomic mass is 32.2. The van der Waals surface area contributed by atoms with E-state index in [0.717, 1.165) is 21.6 Å². The molecular weight excluding hydrogens is 661 g/mol. The molecule has 4 heterocycles. The van der Waals surface area contributed by atoms with Crippen molar-refractivity contribution in [2.75, 3.05) is 52.2 Å². The van der Waals surface area contributed by atoms with E-state index in [1.54, 1.807) is 35.4 Å². The van der Waals surface area contributed by atoms with Crippen molar-refractivity contribution >= 4 is 23.9 Å². The first-order valence-corrected chi connectivity index (χ1v) is 18.2. The van der Waals surface area contributed by atoms with Gasteiger partial charge < -0.3 is 23.4 Å². The molecule has 2 aliphatic rings. The topological polar surface area (TPSA) is 143 Å². The number of amides is 2. The molecule has 3 atom stereocenters. The third-order valence-corrected chi connectivity index (χ3v) is 9.68. The number of carbonyl (C=O) groups is 2. The minimum atomic E-state index is -0.389. The summed E-state index contributed by atoms with van der Waals surface area (Å²) in [6, 6.07) is 15.5. The standard InChI is InChI=1S/C35H44N8O6S/c1-6-46-34(44)41-19-24(4)43(27(20-41)18-29-36-32(48-38-29)25-11-8-10-23(3)16-25)31-22-40(14-15-42(31)35(45)47-7-2)21-30-37-33(49-39-30)26-12-9-13-28(17-26)50-5/h8-13,16-17,24,27,31H,6-7,14-15,18-22H2,1-5H3/t24?,27?,31-/m1/s1. The van der Waals surface area contributed by atoms with Crippen LogP contribution in [0.2, 0.25) is 0 Å². The molecule has 266 valence electrons. The van der Waals surface area contributed by atoms with Gasteiger partial charge in [0.15, 0.2) is 11.6 Å². The van der Waals surface area contributed by atoms with E-state index in [4.69, 9.17) is 28.5 Å². The number of rotatable bonds is 10. The average molecular weight is 705 g/mol. The van der Waals surface area contributed by atoms with Gasteiger partial charge in [-0.3, -0.25) is 14.7 Å². The zero-order valence-corrected chi connectivity index (χ0v) is 30.0. The van der Waals surface area contributed by atoms with Gasteiger partial charge in [-0.15, -0.1) is 11.8 Å². The smallest absolute Gasteiger partial charge is 0.411 e. The Morgan fingerprint density at radius 1 is 0.880 bits per heavy atom. The number of benzene rings is 2. The van der Waals surface area contributed by atoms with E-state index in [0.29, 0.717) is 69.1 Å². The summed E-state index contributed by atoms with van der Waals surface area (Å²) in [7, 11) is 0. The summed E-state index contributed by atoms with van der Waals surface area (Å²) in [5, 5.41) is 8.62. The second-order valence-electron chi connectivity index (χ2n) is 12.5. The Balaban J connectivity index is 1.27. The molecule has 4 aromatic rings. The van der Waals surface area contributed by atoms with Gasteiger partial charge in [0.25, 0.3) is 11.8 Å². The molecule has 6 rings (SSSR count). The second kappa shape index (κ2) is 16.0. The molecule has 0 radical (unpaired) electrons. The van der Waals surface area contributed by atoms with Crippen LogP contribution in [0.25, 0.3) is 22.9 Å². The molecule has 0 bridgehead atoms. The molecule has 14 nitrogen and oxygen atoms in total. The zero-order chi connectivity index (χ0) is 35.2. The number of hydrogen-bond donors (Lipinski definition) is 0. The van der Waals surface area contributed by atoms with Crippen molar-refractivity contribution < 1.29 is 28.1 Å². The van der Waals surface area contributed by atoms with Crippen LogP contribution in [-0.2, 0) is 22.4 Å². The van der Waals surface area contributed by atoms with Crippen molar-refractivity contribution in [3.63, 3.8) is 0 Å². The van der Waals surface area contributed by atoms with Gasteiger partial charge in [0.2, 0.25) is 0 Å². The quantitative estimate of drug-likeness (QED) is 0.200. The van der Waals surface area contributed by atoms with Crippen LogP contribution in [0.3, 0.4) is 0 Å². The van der Waals surface area contributed by atoms with Gasteiger partial charge in [-0.05, 0) is 64.3 Å². The van der Waals surface area contributed by atoms with Crippen LogP contribution in [0.1, 0.15) is 38.0 Å². The lowest BCUT2D eigenvalue weighted by Crippen LogP contribution is -2.70. The predicted octanol–water partition coefficient (Wildman–Crippen LogP) is 5.19. The van der Waals surface area contributed by atoms with Gasteiger partial charge in [-0.25, -0.2) is 9.59 Å². The lowest BCUT2D eigenvalue weighted by atomic mass is 10.0. The zero-order valence-electron chi connectivity index (χ0n) is 29.2. The molecule has 0 spiro atoms. The fourth-order valence-corrected chi connectivity index (χ4v) is 7.20. The van der Waals surface area contributed by atoms with Crippen LogP contribution in [0, 0.1) is 6.92 Å². The summed E-state index contributed by atoms with van der Waals surface area (Å²) in [6.45, 7) is 10.9. The first-order valence-electron chi connectivity index (χ1n) is 17.0. The third-order valence-electron chi connectivity index (χ3n) is 8.96. The van der Waals surface area contributed by atoms with E-state index in [-0.39, 0.29) is 43.6 Å². The summed E-state index contributed by atoms with van der Waals surface area (Å²) in [5.74, 6) is 1.96. The van der Waals surface area contributed by atoms with Gasteiger partial charge in [0.05, 0.1) is 19.8 Å². The summed E-state index contributed by atoms with van der Waals surface area (Å²) in [4.78, 5) is 45.0. The maximum Gasteiger partial charge on any atom is 0.411 e. The second-order valence-corrected chi connectivity index (χ2v) is 13.4. The monoisotopic (exact) mass is 704 g/mol. The predicted molar refractivity (Wildman–Crippen MR) is 186 cm³/mol. The van der Waals surface area contributed by atoms with Crippen LogP contribution < -0.4 is 0 Å². The fourth-order valence-electron chi connectivity index (χ4n) is 6.74. The lowest BCUT2D eigenvalue weighted by Gasteiger charge is -2.53. The number of hydrogen-bond acceptors (Lipinski definition) is 13. The Hall–Kier alpha value is -4.47. The van der Waals surface area contributed by atoms with E-state index < -0.39 is 0 Å². The Bertz CT molecular complexity index is 1770. The van der Waals surface area contributed by atoms with E-state index >= 15 is 0 Å². The van der Waals surface area contributed by atoms with E-state index in [9.17, 15) is 9.59 Å². The highest BCUT2D eigenvalue weighted by Crippen LogP contribution is 2.29. The van der Waals surface area contributed by atoms with Gasteiger partial charge in [0, 0.05) is 67.3 Å². The highest BCUT2D eigenvalue weighted by Gasteiger charge is 2.45. The summed E-state index contributed by atoms with van der Waals surface area (Å²) in [5.41, 5.74) is 2.79. The SMILES string of the molecule is CCOC(=O)N1CC(C)N([C@@H]2CN(Cc3noc(-c4cccc(SC)c4)n3)CCN2C(=O)OCC)C(Cc2noc(-c3cccc(C)c3)n2)C1. The molecule has 15 heteroatoms. The van der Waals surface area contributed by atoms with Crippen molar-refractivity contribution in [2.24, 2.45) is 0 Å². The van der Waals surface area contributed by atoms with E-state index in [2.05, 4.69) is 27.0 Å². The maximum atomic E-state index is 13.4. The van der Waals surface area contributed by atoms with Crippen molar-refractivity contribution in [3.8, 4) is 22.9 Å². The minimum Gasteiger partial charge on any atom is -0.450 e. The van der Waals surface area contributed by atoms with E-state index in [1.807, 2.05) is 61.7 Å². The van der Waals surface area contributed by atoms with Crippen LogP contribution >= 0.6 is 11.8 Å². The largest absolute Gasteiger partial charge is 0.450 e. The van der Waals surface area contributed by atoms with Crippen LogP contribution in [0.5, 0.6) is 0 Å². The van der Waals surface area contributed by atoms with E-state index in [1.165, 1.54) is 0 Å². The highest BCUT2D eigenvalue weighted by molar-refractivity contribution is 7.98. The number of piperazine rings is 2. The number of thioether (sulfide) groups is 1. The van der Waals surface area contributed by atoms with Crippen LogP contribution in [0.4, 0.5) is 9.59 Å². The molecule has 0 saturated carbocycles. The molecule has 2 aliphatic heterocycles. The Kier molecular flexibility index (Phi) is 11.3. The fraction of sp³-hybridized carbons (Fsp3) is 0.486. The molecule has 2 unspecified atom stereocenters. The van der Waals surface area contributed by atoms with Gasteiger partial charge >= 0.3 is 12.2 Å². The molecule has 2 aromatic heterocycles. The van der Waals surface area contributed by atoms with Crippen molar-refractivity contribution in [2.45, 2.75) is 63.8 Å². The number of aromatic nitrogens is 4. The van der Waals surface area contributed by atoms with Crippen LogP contribution in [0.15, 0.2) is 62.5 Å². The van der Waals surface area contributed by atoms with Crippen LogP contribution in [-0.4, -0.2) is 123 Å². The Morgan fingerprint density at radius 3 is 2.28 bits per heavy atom. The Labute approximate surface area is 296 Å². The van der Waals surface area contributed by atoms with Crippen molar-refractivity contribution in [3.05, 3.63) is 65.7 Å². The third kappa shape index (κ3) is 8.11. The molecule has 2 aromatic carbocycles. The normalized spacial score (nSPS) is 20.2. The van der Waals surface area contributed by atoms with Crippen molar-refractivity contribution in [1.29, 1.82) is 0 Å². The van der Waals surface area contributed by atoms with Gasteiger partial charge in [-0.1, -0.05) is 34.1 Å². The average Bonchev–Trinajstić information content (AvgIpc) is 3.78. The summed E-state index contributed by atoms with van der Waals surface area (Å²) in [6.07, 6.45) is 1.26. The molecule has 0 aliphatic carbocycles. The molecule has 2 fully saturated rings. The molecule has 2 saturated heterocycles. The first kappa shape index (κ1) is 35.4. The summed E-state index contributed by atoms with van der Waals surface area (Å²) < 4.78 is 22.3. The lowest BCUT2D eigenvalue weighted by molar-refractivity contribution is -0.0834. The molecule has 50 heavy (non-hydrogen) atoms. The van der Waals surface area contributed by atoms with Crippen molar-refractivity contribution in [1.82, 2.24) is 39.9 Å².